The molecule has 0 bridgehead atoms. The highest BCUT2D eigenvalue weighted by molar-refractivity contribution is 7.16. The zero-order valence-electron chi connectivity index (χ0n) is 10.4. The van der Waals surface area contributed by atoms with Crippen LogP contribution in [-0.4, -0.2) is 4.98 Å². The van der Waals surface area contributed by atoms with Crippen molar-refractivity contribution < 1.29 is 8.81 Å². The molecule has 2 aromatic heterocycles. The molecule has 0 fully saturated rings. The molecule has 0 spiro atoms. The summed E-state index contributed by atoms with van der Waals surface area (Å²) in [5.74, 6) is 0.00951. The van der Waals surface area contributed by atoms with Gasteiger partial charge in [-0.2, -0.15) is 0 Å². The van der Waals surface area contributed by atoms with Crippen molar-refractivity contribution in [1.82, 2.24) is 4.98 Å². The minimum atomic E-state index is -0.425. The van der Waals surface area contributed by atoms with E-state index >= 15 is 0 Å². The molecule has 2 N–H and O–H groups in total. The lowest BCUT2D eigenvalue weighted by Gasteiger charge is -1.97. The molecule has 3 aromatic rings. The molecule has 0 aliphatic heterocycles. The summed E-state index contributed by atoms with van der Waals surface area (Å²) in [4.78, 5) is 5.65. The van der Waals surface area contributed by atoms with Crippen LogP contribution in [0.4, 0.5) is 9.39 Å². The number of nitrogens with two attached hydrogens (primary N) is 1. The Morgan fingerprint density at radius 2 is 2.20 bits per heavy atom. The zero-order valence-corrected chi connectivity index (χ0v) is 11.9. The molecule has 1 aliphatic rings. The maximum Gasteiger partial charge on any atom is 0.230 e. The van der Waals surface area contributed by atoms with E-state index in [9.17, 15) is 4.39 Å². The van der Waals surface area contributed by atoms with E-state index in [1.165, 1.54) is 22.6 Å². The van der Waals surface area contributed by atoms with E-state index in [0.29, 0.717) is 22.0 Å². The molecule has 1 aromatic carbocycles. The first-order valence-electron chi connectivity index (χ1n) is 6.29. The molecule has 0 radical (unpaired) electrons. The summed E-state index contributed by atoms with van der Waals surface area (Å²) in [6.07, 6.45) is 3.17. The lowest BCUT2D eigenvalue weighted by atomic mass is 10.1. The molecule has 102 valence electrons. The van der Waals surface area contributed by atoms with Gasteiger partial charge in [-0.25, -0.2) is 9.37 Å². The molecule has 4 rings (SSSR count). The molecule has 20 heavy (non-hydrogen) atoms. The molecular formula is C14H10ClFN2OS. The average molecular weight is 309 g/mol. The van der Waals surface area contributed by atoms with Crippen LogP contribution in [0.2, 0.25) is 5.02 Å². The standard InChI is InChI=1S/C14H10ClFN2OS/c15-8-4-6(16)5-9-12(8)19-14(18-9)11-7-2-1-3-10(7)20-13(11)17/h4-5H,1-3,17H2. The number of nitrogen functional groups attached to an aromatic ring is 1. The van der Waals surface area contributed by atoms with Crippen LogP contribution in [0.3, 0.4) is 0 Å². The smallest absolute Gasteiger partial charge is 0.230 e. The number of hydrogen-bond acceptors (Lipinski definition) is 4. The fraction of sp³-hybridized carbons (Fsp3) is 0.214. The van der Waals surface area contributed by atoms with Gasteiger partial charge in [0.05, 0.1) is 15.6 Å². The number of thiophene rings is 1. The Hall–Kier alpha value is -1.59. The van der Waals surface area contributed by atoms with Crippen LogP contribution in [0, 0.1) is 5.82 Å². The largest absolute Gasteiger partial charge is 0.434 e. The van der Waals surface area contributed by atoms with Gasteiger partial charge in [0.1, 0.15) is 11.3 Å². The maximum atomic E-state index is 13.4. The van der Waals surface area contributed by atoms with E-state index in [1.807, 2.05) is 0 Å². The Balaban J connectivity index is 1.97. The summed E-state index contributed by atoms with van der Waals surface area (Å²) in [5.41, 5.74) is 8.98. The van der Waals surface area contributed by atoms with Gasteiger partial charge in [0.25, 0.3) is 0 Å². The van der Waals surface area contributed by atoms with Gasteiger partial charge in [0.15, 0.2) is 5.58 Å². The van der Waals surface area contributed by atoms with Crippen LogP contribution < -0.4 is 5.73 Å². The van der Waals surface area contributed by atoms with Crippen molar-refractivity contribution >= 4 is 39.0 Å². The zero-order chi connectivity index (χ0) is 13.9. The van der Waals surface area contributed by atoms with Crippen molar-refractivity contribution in [3.8, 4) is 11.5 Å². The maximum absolute atomic E-state index is 13.4. The molecular weight excluding hydrogens is 299 g/mol. The van der Waals surface area contributed by atoms with Crippen LogP contribution in [0.5, 0.6) is 0 Å². The predicted octanol–water partition coefficient (Wildman–Crippen LogP) is 4.42. The first-order chi connectivity index (χ1) is 9.63. The van der Waals surface area contributed by atoms with E-state index in [0.717, 1.165) is 24.8 Å². The topological polar surface area (TPSA) is 52.0 Å². The van der Waals surface area contributed by atoms with E-state index in [1.54, 1.807) is 11.3 Å². The molecule has 0 amide bonds. The van der Waals surface area contributed by atoms with Crippen molar-refractivity contribution in [3.05, 3.63) is 33.4 Å². The molecule has 3 nitrogen and oxygen atoms in total. The predicted molar refractivity (Wildman–Crippen MR) is 78.7 cm³/mol. The van der Waals surface area contributed by atoms with E-state index in [4.69, 9.17) is 21.8 Å². The number of fused-ring (bicyclic) bond motifs is 2. The van der Waals surface area contributed by atoms with Gasteiger partial charge in [0, 0.05) is 10.9 Å². The number of rotatable bonds is 1. The summed E-state index contributed by atoms with van der Waals surface area (Å²) in [5, 5.41) is 0.932. The van der Waals surface area contributed by atoms with Crippen molar-refractivity contribution in [2.24, 2.45) is 0 Å². The van der Waals surface area contributed by atoms with Crippen molar-refractivity contribution in [1.29, 1.82) is 0 Å². The molecule has 0 saturated heterocycles. The highest BCUT2D eigenvalue weighted by Gasteiger charge is 2.25. The average Bonchev–Trinajstić information content (AvgIpc) is 3.02. The molecule has 0 saturated carbocycles. The van der Waals surface area contributed by atoms with Gasteiger partial charge in [0.2, 0.25) is 5.89 Å². The van der Waals surface area contributed by atoms with Gasteiger partial charge >= 0.3 is 0 Å². The Labute approximate surface area is 123 Å². The first kappa shape index (κ1) is 12.2. The number of halogens is 2. The normalized spacial score (nSPS) is 14.1. The van der Waals surface area contributed by atoms with Gasteiger partial charge < -0.3 is 10.2 Å². The fourth-order valence-electron chi connectivity index (χ4n) is 2.73. The Bertz CT molecular complexity index is 839. The SMILES string of the molecule is Nc1sc2c(c1-c1nc3cc(F)cc(Cl)c3o1)CCC2. The summed E-state index contributed by atoms with van der Waals surface area (Å²) in [7, 11) is 0. The van der Waals surface area contributed by atoms with E-state index in [2.05, 4.69) is 4.98 Å². The van der Waals surface area contributed by atoms with Crippen LogP contribution in [0.1, 0.15) is 16.9 Å². The third-order valence-electron chi connectivity index (χ3n) is 3.57. The minimum absolute atomic E-state index is 0.226. The summed E-state index contributed by atoms with van der Waals surface area (Å²) in [6.45, 7) is 0. The Kier molecular flexibility index (Phi) is 2.56. The van der Waals surface area contributed by atoms with Gasteiger partial charge in [-0.15, -0.1) is 11.3 Å². The van der Waals surface area contributed by atoms with E-state index in [-0.39, 0.29) is 5.02 Å². The van der Waals surface area contributed by atoms with Crippen LogP contribution in [0.15, 0.2) is 16.5 Å². The first-order valence-corrected chi connectivity index (χ1v) is 7.49. The third kappa shape index (κ3) is 1.66. The highest BCUT2D eigenvalue weighted by atomic mass is 35.5. The Morgan fingerprint density at radius 3 is 3.05 bits per heavy atom. The molecule has 2 heterocycles. The van der Waals surface area contributed by atoms with Crippen LogP contribution >= 0.6 is 22.9 Å². The van der Waals surface area contributed by atoms with Gasteiger partial charge in [-0.05, 0) is 30.9 Å². The van der Waals surface area contributed by atoms with Gasteiger partial charge in [-0.1, -0.05) is 11.6 Å². The number of anilines is 1. The van der Waals surface area contributed by atoms with Gasteiger partial charge in [-0.3, -0.25) is 0 Å². The van der Waals surface area contributed by atoms with Crippen molar-refractivity contribution in [3.63, 3.8) is 0 Å². The minimum Gasteiger partial charge on any atom is -0.434 e. The second-order valence-corrected chi connectivity index (χ2v) is 6.40. The second kappa shape index (κ2) is 4.20. The monoisotopic (exact) mass is 308 g/mol. The number of hydrogen-bond donors (Lipinski definition) is 1. The summed E-state index contributed by atoms with van der Waals surface area (Å²) < 4.78 is 19.1. The highest BCUT2D eigenvalue weighted by Crippen LogP contribution is 2.44. The Morgan fingerprint density at radius 1 is 1.35 bits per heavy atom. The fourth-order valence-corrected chi connectivity index (χ4v) is 4.12. The van der Waals surface area contributed by atoms with Crippen molar-refractivity contribution in [2.45, 2.75) is 19.3 Å². The lowest BCUT2D eigenvalue weighted by molar-refractivity contribution is 0.614. The number of benzene rings is 1. The number of oxazole rings is 1. The molecule has 0 atom stereocenters. The number of nitrogens with zero attached hydrogens (tertiary/aromatic N) is 1. The molecule has 1 aliphatic carbocycles. The van der Waals surface area contributed by atoms with E-state index < -0.39 is 5.82 Å². The van der Waals surface area contributed by atoms with Crippen LogP contribution in [0.25, 0.3) is 22.6 Å². The number of aryl methyl sites for hydroxylation is 1. The summed E-state index contributed by atoms with van der Waals surface area (Å²) >= 11 is 7.58. The number of aromatic nitrogens is 1. The van der Waals surface area contributed by atoms with Crippen LogP contribution in [-0.2, 0) is 12.8 Å². The third-order valence-corrected chi connectivity index (χ3v) is 4.97. The molecule has 0 unspecified atom stereocenters. The second-order valence-electron chi connectivity index (χ2n) is 4.85. The lowest BCUT2D eigenvalue weighted by Crippen LogP contribution is -1.88. The summed E-state index contributed by atoms with van der Waals surface area (Å²) in [6, 6.07) is 2.54. The van der Waals surface area contributed by atoms with Crippen molar-refractivity contribution in [2.75, 3.05) is 5.73 Å². The molecule has 6 heteroatoms. The quantitative estimate of drug-likeness (QED) is 0.724.